The predicted molar refractivity (Wildman–Crippen MR) is 83.8 cm³/mol. The molecule has 116 valence electrons. The molecule has 1 N–H and O–H groups in total. The summed E-state index contributed by atoms with van der Waals surface area (Å²) in [6.07, 6.45) is 0. The standard InChI is InChI=1S/C13H18BrN3O3S/c1-16(2)21(19,20)12-4-3-10(9-11(12)14)13(18)17-7-5-15-6-8-17/h3-4,9,15H,5-8H2,1-2H3. The highest BCUT2D eigenvalue weighted by molar-refractivity contribution is 9.10. The molecule has 0 saturated carbocycles. The lowest BCUT2D eigenvalue weighted by Crippen LogP contribution is -2.46. The zero-order valence-electron chi connectivity index (χ0n) is 12.0. The Morgan fingerprint density at radius 3 is 2.43 bits per heavy atom. The smallest absolute Gasteiger partial charge is 0.253 e. The van der Waals surface area contributed by atoms with Crippen LogP contribution >= 0.6 is 15.9 Å². The van der Waals surface area contributed by atoms with Gasteiger partial charge in [-0.3, -0.25) is 4.79 Å². The molecule has 2 rings (SSSR count). The number of hydrogen-bond acceptors (Lipinski definition) is 4. The minimum atomic E-state index is -3.52. The predicted octanol–water partition coefficient (Wildman–Crippen LogP) is 0.745. The third-order valence-electron chi connectivity index (χ3n) is 3.34. The molecule has 0 aromatic heterocycles. The largest absolute Gasteiger partial charge is 0.336 e. The number of halogens is 1. The summed E-state index contributed by atoms with van der Waals surface area (Å²) in [7, 11) is -0.576. The summed E-state index contributed by atoms with van der Waals surface area (Å²) in [6.45, 7) is 2.88. The second-order valence-electron chi connectivity index (χ2n) is 4.97. The molecule has 6 nitrogen and oxygen atoms in total. The van der Waals surface area contributed by atoms with Gasteiger partial charge in [-0.25, -0.2) is 12.7 Å². The van der Waals surface area contributed by atoms with Crippen molar-refractivity contribution in [2.24, 2.45) is 0 Å². The van der Waals surface area contributed by atoms with Crippen molar-refractivity contribution in [3.05, 3.63) is 28.2 Å². The van der Waals surface area contributed by atoms with E-state index in [9.17, 15) is 13.2 Å². The van der Waals surface area contributed by atoms with E-state index in [0.717, 1.165) is 17.4 Å². The van der Waals surface area contributed by atoms with Crippen LogP contribution in [-0.2, 0) is 10.0 Å². The van der Waals surface area contributed by atoms with Crippen LogP contribution in [-0.4, -0.2) is 63.8 Å². The number of hydrogen-bond donors (Lipinski definition) is 1. The zero-order chi connectivity index (χ0) is 15.6. The van der Waals surface area contributed by atoms with E-state index in [4.69, 9.17) is 0 Å². The molecule has 0 unspecified atom stereocenters. The highest BCUT2D eigenvalue weighted by atomic mass is 79.9. The van der Waals surface area contributed by atoms with Crippen LogP contribution < -0.4 is 5.32 Å². The molecule has 0 spiro atoms. The second kappa shape index (κ2) is 6.43. The van der Waals surface area contributed by atoms with Gasteiger partial charge >= 0.3 is 0 Å². The molecule has 1 amide bonds. The molecule has 0 radical (unpaired) electrons. The first-order valence-electron chi connectivity index (χ1n) is 6.56. The van der Waals surface area contributed by atoms with Gasteiger partial charge in [0.25, 0.3) is 5.91 Å². The van der Waals surface area contributed by atoms with Crippen LogP contribution in [0.4, 0.5) is 0 Å². The van der Waals surface area contributed by atoms with E-state index in [2.05, 4.69) is 21.2 Å². The summed E-state index contributed by atoms with van der Waals surface area (Å²) in [5.41, 5.74) is 0.487. The Hall–Kier alpha value is -0.960. The normalized spacial score (nSPS) is 16.3. The molecule has 1 saturated heterocycles. The Bertz CT molecular complexity index is 640. The van der Waals surface area contributed by atoms with Crippen LogP contribution in [0.3, 0.4) is 0 Å². The molecule has 1 aliphatic rings. The molecular formula is C13H18BrN3O3S. The first-order valence-corrected chi connectivity index (χ1v) is 8.79. The minimum absolute atomic E-state index is 0.0778. The van der Waals surface area contributed by atoms with E-state index in [0.29, 0.717) is 23.1 Å². The fourth-order valence-electron chi connectivity index (χ4n) is 2.09. The van der Waals surface area contributed by atoms with Crippen LogP contribution in [0, 0.1) is 0 Å². The number of amides is 1. The van der Waals surface area contributed by atoms with Crippen LogP contribution in [0.2, 0.25) is 0 Å². The monoisotopic (exact) mass is 375 g/mol. The lowest BCUT2D eigenvalue weighted by Gasteiger charge is -2.27. The third kappa shape index (κ3) is 3.45. The van der Waals surface area contributed by atoms with E-state index in [1.165, 1.54) is 20.2 Å². The van der Waals surface area contributed by atoms with Crippen LogP contribution in [0.25, 0.3) is 0 Å². The van der Waals surface area contributed by atoms with Gasteiger partial charge < -0.3 is 10.2 Å². The summed E-state index contributed by atoms with van der Waals surface area (Å²) in [4.78, 5) is 14.3. The highest BCUT2D eigenvalue weighted by Crippen LogP contribution is 2.25. The van der Waals surface area contributed by atoms with E-state index >= 15 is 0 Å². The number of benzene rings is 1. The molecule has 0 atom stereocenters. The Morgan fingerprint density at radius 2 is 1.90 bits per heavy atom. The van der Waals surface area contributed by atoms with Gasteiger partial charge in [-0.2, -0.15) is 0 Å². The second-order valence-corrected chi connectivity index (χ2v) is 7.95. The fraction of sp³-hybridized carbons (Fsp3) is 0.462. The first kappa shape index (κ1) is 16.4. The van der Waals surface area contributed by atoms with Crippen molar-refractivity contribution in [3.8, 4) is 0 Å². The van der Waals surface area contributed by atoms with Gasteiger partial charge in [-0.1, -0.05) is 0 Å². The number of piperazine rings is 1. The average Bonchev–Trinajstić information content (AvgIpc) is 2.46. The van der Waals surface area contributed by atoms with Crippen molar-refractivity contribution in [2.45, 2.75) is 4.90 Å². The minimum Gasteiger partial charge on any atom is -0.336 e. The van der Waals surface area contributed by atoms with E-state index in [1.54, 1.807) is 17.0 Å². The molecule has 21 heavy (non-hydrogen) atoms. The van der Waals surface area contributed by atoms with E-state index in [-0.39, 0.29) is 10.8 Å². The van der Waals surface area contributed by atoms with Crippen molar-refractivity contribution in [1.82, 2.24) is 14.5 Å². The summed E-state index contributed by atoms with van der Waals surface area (Å²) in [5, 5.41) is 3.19. The van der Waals surface area contributed by atoms with Crippen LogP contribution in [0.5, 0.6) is 0 Å². The molecule has 1 heterocycles. The third-order valence-corrected chi connectivity index (χ3v) is 6.13. The number of rotatable bonds is 3. The van der Waals surface area contributed by atoms with Crippen LogP contribution in [0.1, 0.15) is 10.4 Å². The van der Waals surface area contributed by atoms with Gasteiger partial charge in [0.05, 0.1) is 4.90 Å². The van der Waals surface area contributed by atoms with Crippen molar-refractivity contribution >= 4 is 31.9 Å². The Morgan fingerprint density at radius 1 is 1.29 bits per heavy atom. The van der Waals surface area contributed by atoms with Crippen LogP contribution in [0.15, 0.2) is 27.6 Å². The van der Waals surface area contributed by atoms with Gasteiger partial charge in [-0.05, 0) is 34.1 Å². The Kier molecular flexibility index (Phi) is 5.03. The summed E-state index contributed by atoms with van der Waals surface area (Å²) >= 11 is 3.25. The molecule has 1 aliphatic heterocycles. The highest BCUT2D eigenvalue weighted by Gasteiger charge is 2.23. The topological polar surface area (TPSA) is 69.7 Å². The van der Waals surface area contributed by atoms with Gasteiger partial charge in [0.1, 0.15) is 0 Å². The Balaban J connectivity index is 2.29. The number of carbonyl (C=O) groups is 1. The number of sulfonamides is 1. The van der Waals surface area contributed by atoms with E-state index in [1.807, 2.05) is 0 Å². The average molecular weight is 376 g/mol. The fourth-order valence-corrected chi connectivity index (χ4v) is 4.02. The van der Waals surface area contributed by atoms with Gasteiger partial charge in [0, 0.05) is 50.3 Å². The molecule has 8 heteroatoms. The number of nitrogens with zero attached hydrogens (tertiary/aromatic N) is 2. The zero-order valence-corrected chi connectivity index (χ0v) is 14.4. The molecule has 0 aliphatic carbocycles. The maximum atomic E-state index is 12.4. The van der Waals surface area contributed by atoms with Gasteiger partial charge in [-0.15, -0.1) is 0 Å². The van der Waals surface area contributed by atoms with Crippen molar-refractivity contribution in [3.63, 3.8) is 0 Å². The van der Waals surface area contributed by atoms with Gasteiger partial charge in [0.15, 0.2) is 0 Å². The Labute approximate surface area is 133 Å². The lowest BCUT2D eigenvalue weighted by molar-refractivity contribution is 0.0735. The molecule has 0 bridgehead atoms. The maximum Gasteiger partial charge on any atom is 0.253 e. The summed E-state index contributed by atoms with van der Waals surface area (Å²) in [5.74, 6) is -0.0778. The maximum absolute atomic E-state index is 12.4. The van der Waals surface area contributed by atoms with E-state index < -0.39 is 10.0 Å². The SMILES string of the molecule is CN(C)S(=O)(=O)c1ccc(C(=O)N2CCNCC2)cc1Br. The van der Waals surface area contributed by atoms with Crippen molar-refractivity contribution in [2.75, 3.05) is 40.3 Å². The van der Waals surface area contributed by atoms with Crippen molar-refractivity contribution < 1.29 is 13.2 Å². The van der Waals surface area contributed by atoms with Gasteiger partial charge in [0.2, 0.25) is 10.0 Å². The first-order chi connectivity index (χ1) is 9.84. The molecule has 1 fully saturated rings. The summed E-state index contributed by atoms with van der Waals surface area (Å²) in [6, 6.07) is 4.60. The molecular weight excluding hydrogens is 358 g/mol. The molecule has 1 aromatic rings. The number of nitrogens with one attached hydrogen (secondary N) is 1. The lowest BCUT2D eigenvalue weighted by atomic mass is 10.2. The quantitative estimate of drug-likeness (QED) is 0.845. The number of carbonyl (C=O) groups excluding carboxylic acids is 1. The molecule has 1 aromatic carbocycles. The van der Waals surface area contributed by atoms with Crippen molar-refractivity contribution in [1.29, 1.82) is 0 Å². The summed E-state index contributed by atoms with van der Waals surface area (Å²) < 4.78 is 25.8.